The summed E-state index contributed by atoms with van der Waals surface area (Å²) in [5, 5.41) is 0. The van der Waals surface area contributed by atoms with Gasteiger partial charge in [0.2, 0.25) is 0 Å². The first kappa shape index (κ1) is 10.8. The zero-order chi connectivity index (χ0) is 11.7. The molecule has 16 heavy (non-hydrogen) atoms. The maximum Gasteiger partial charge on any atom is 0.0882 e. The highest BCUT2D eigenvalue weighted by Crippen LogP contribution is 2.59. The normalized spacial score (nSPS) is 43.7. The molecule has 90 valence electrons. The Bertz CT molecular complexity index is 362. The SMILES string of the molecule is CC1CC(C)(C)C2=C(C[C@@H]3O[C@H]3C2)C1(C)C. The van der Waals surface area contributed by atoms with E-state index in [-0.39, 0.29) is 0 Å². The molecule has 0 aromatic rings. The minimum Gasteiger partial charge on any atom is -0.369 e. The molecule has 3 rings (SSSR count). The van der Waals surface area contributed by atoms with Crippen LogP contribution in [0.1, 0.15) is 53.9 Å². The lowest BCUT2D eigenvalue weighted by Gasteiger charge is -2.49. The second-order valence-electron chi connectivity index (χ2n) is 7.29. The Morgan fingerprint density at radius 2 is 1.56 bits per heavy atom. The van der Waals surface area contributed by atoms with Crippen molar-refractivity contribution in [3.63, 3.8) is 0 Å². The van der Waals surface area contributed by atoms with Gasteiger partial charge in [-0.25, -0.2) is 0 Å². The van der Waals surface area contributed by atoms with Crippen LogP contribution in [0.25, 0.3) is 0 Å². The van der Waals surface area contributed by atoms with E-state index in [0.717, 1.165) is 5.92 Å². The first-order valence-corrected chi connectivity index (χ1v) is 6.71. The van der Waals surface area contributed by atoms with Crippen LogP contribution >= 0.6 is 0 Å². The molecule has 1 saturated heterocycles. The van der Waals surface area contributed by atoms with E-state index in [4.69, 9.17) is 4.74 Å². The molecule has 0 saturated carbocycles. The Labute approximate surface area is 99.3 Å². The van der Waals surface area contributed by atoms with Crippen LogP contribution in [0.4, 0.5) is 0 Å². The van der Waals surface area contributed by atoms with Crippen LogP contribution in [-0.4, -0.2) is 12.2 Å². The topological polar surface area (TPSA) is 12.5 Å². The summed E-state index contributed by atoms with van der Waals surface area (Å²) in [6.07, 6.45) is 4.89. The fraction of sp³-hybridized carbons (Fsp3) is 0.867. The van der Waals surface area contributed by atoms with Crippen LogP contribution in [0.3, 0.4) is 0 Å². The summed E-state index contributed by atoms with van der Waals surface area (Å²) in [5.74, 6) is 0.788. The summed E-state index contributed by atoms with van der Waals surface area (Å²) < 4.78 is 5.75. The lowest BCUT2D eigenvalue weighted by atomic mass is 9.55. The highest BCUT2D eigenvalue weighted by atomic mass is 16.6. The molecule has 3 atom stereocenters. The van der Waals surface area contributed by atoms with Gasteiger partial charge in [-0.15, -0.1) is 0 Å². The minimum atomic E-state index is 0.391. The Balaban J connectivity index is 2.08. The third-order valence-electron chi connectivity index (χ3n) is 5.51. The van der Waals surface area contributed by atoms with Crippen molar-refractivity contribution in [2.75, 3.05) is 0 Å². The molecule has 0 aromatic heterocycles. The van der Waals surface area contributed by atoms with Crippen molar-refractivity contribution in [1.82, 2.24) is 0 Å². The van der Waals surface area contributed by atoms with E-state index in [2.05, 4.69) is 34.6 Å². The van der Waals surface area contributed by atoms with Gasteiger partial charge < -0.3 is 4.74 Å². The van der Waals surface area contributed by atoms with Gasteiger partial charge in [-0.1, -0.05) is 45.8 Å². The number of rotatable bonds is 0. The molecule has 0 aromatic carbocycles. The number of epoxide rings is 1. The van der Waals surface area contributed by atoms with E-state index in [0.29, 0.717) is 23.0 Å². The van der Waals surface area contributed by atoms with Crippen molar-refractivity contribution in [3.8, 4) is 0 Å². The molecule has 0 N–H and O–H groups in total. The number of hydrogen-bond acceptors (Lipinski definition) is 1. The molecule has 2 aliphatic carbocycles. The predicted molar refractivity (Wildman–Crippen MR) is 66.3 cm³/mol. The standard InChI is InChI=1S/C15H24O/c1-9-8-14(2,3)10-6-12-13(16-12)7-11(10)15(9,4)5/h9,12-13H,6-8H2,1-5H3/t9?,12-,13-/m0/s1. The van der Waals surface area contributed by atoms with E-state index in [1.54, 1.807) is 11.1 Å². The fourth-order valence-corrected chi connectivity index (χ4v) is 3.96. The summed E-state index contributed by atoms with van der Waals surface area (Å²) in [4.78, 5) is 0. The maximum atomic E-state index is 5.75. The van der Waals surface area contributed by atoms with Gasteiger partial charge in [0.1, 0.15) is 0 Å². The Kier molecular flexibility index (Phi) is 1.98. The van der Waals surface area contributed by atoms with Gasteiger partial charge in [-0.3, -0.25) is 0 Å². The zero-order valence-corrected chi connectivity index (χ0v) is 11.3. The number of hydrogen-bond donors (Lipinski definition) is 0. The van der Waals surface area contributed by atoms with Crippen LogP contribution in [0, 0.1) is 16.7 Å². The maximum absolute atomic E-state index is 5.75. The average Bonchev–Trinajstić information content (AvgIpc) is 2.90. The van der Waals surface area contributed by atoms with Gasteiger partial charge in [-0.2, -0.15) is 0 Å². The molecule has 1 aliphatic heterocycles. The van der Waals surface area contributed by atoms with Crippen LogP contribution in [0.2, 0.25) is 0 Å². The fourth-order valence-electron chi connectivity index (χ4n) is 3.96. The first-order chi connectivity index (χ1) is 7.32. The Hall–Kier alpha value is -0.300. The molecule has 1 heteroatoms. The summed E-state index contributed by atoms with van der Waals surface area (Å²) >= 11 is 0. The smallest absolute Gasteiger partial charge is 0.0882 e. The van der Waals surface area contributed by atoms with Crippen LogP contribution in [0.15, 0.2) is 11.1 Å². The second kappa shape index (κ2) is 2.93. The number of fused-ring (bicyclic) bond motifs is 1. The van der Waals surface area contributed by atoms with Gasteiger partial charge in [0.15, 0.2) is 0 Å². The quantitative estimate of drug-likeness (QED) is 0.445. The molecule has 0 amide bonds. The number of ether oxygens (including phenoxy) is 1. The molecule has 1 unspecified atom stereocenters. The third-order valence-corrected chi connectivity index (χ3v) is 5.51. The van der Waals surface area contributed by atoms with Crippen LogP contribution < -0.4 is 0 Å². The molecule has 1 heterocycles. The van der Waals surface area contributed by atoms with Gasteiger partial charge in [-0.05, 0) is 36.0 Å². The van der Waals surface area contributed by atoms with Crippen molar-refractivity contribution in [2.45, 2.75) is 66.1 Å². The van der Waals surface area contributed by atoms with Crippen molar-refractivity contribution in [2.24, 2.45) is 16.7 Å². The van der Waals surface area contributed by atoms with Crippen molar-refractivity contribution in [3.05, 3.63) is 11.1 Å². The molecule has 0 spiro atoms. The van der Waals surface area contributed by atoms with E-state index in [1.165, 1.54) is 19.3 Å². The molecule has 0 bridgehead atoms. The summed E-state index contributed by atoms with van der Waals surface area (Å²) in [6, 6.07) is 0. The second-order valence-corrected chi connectivity index (χ2v) is 7.29. The molecule has 0 radical (unpaired) electrons. The van der Waals surface area contributed by atoms with Crippen LogP contribution in [0.5, 0.6) is 0 Å². The largest absolute Gasteiger partial charge is 0.369 e. The predicted octanol–water partition coefficient (Wildman–Crippen LogP) is 3.94. The molecule has 3 aliphatic rings. The lowest BCUT2D eigenvalue weighted by Crippen LogP contribution is -2.39. The van der Waals surface area contributed by atoms with E-state index in [1.807, 2.05) is 0 Å². The Morgan fingerprint density at radius 3 is 2.19 bits per heavy atom. The van der Waals surface area contributed by atoms with Gasteiger partial charge >= 0.3 is 0 Å². The highest BCUT2D eigenvalue weighted by Gasteiger charge is 2.52. The third kappa shape index (κ3) is 1.33. The lowest BCUT2D eigenvalue weighted by molar-refractivity contribution is 0.160. The Morgan fingerprint density at radius 1 is 1.00 bits per heavy atom. The monoisotopic (exact) mass is 220 g/mol. The van der Waals surface area contributed by atoms with E-state index < -0.39 is 0 Å². The van der Waals surface area contributed by atoms with Gasteiger partial charge in [0, 0.05) is 0 Å². The molecular formula is C15H24O. The first-order valence-electron chi connectivity index (χ1n) is 6.71. The highest BCUT2D eigenvalue weighted by molar-refractivity contribution is 5.35. The van der Waals surface area contributed by atoms with Crippen LogP contribution in [-0.2, 0) is 4.74 Å². The molecule has 1 nitrogen and oxygen atoms in total. The van der Waals surface area contributed by atoms with E-state index >= 15 is 0 Å². The summed E-state index contributed by atoms with van der Waals surface area (Å²) in [5.41, 5.74) is 4.26. The van der Waals surface area contributed by atoms with Crippen molar-refractivity contribution < 1.29 is 4.74 Å². The molecular weight excluding hydrogens is 196 g/mol. The zero-order valence-electron chi connectivity index (χ0n) is 11.3. The molecule has 1 fully saturated rings. The van der Waals surface area contributed by atoms with Crippen molar-refractivity contribution in [1.29, 1.82) is 0 Å². The van der Waals surface area contributed by atoms with Gasteiger partial charge in [0.05, 0.1) is 12.2 Å². The van der Waals surface area contributed by atoms with E-state index in [9.17, 15) is 0 Å². The summed E-state index contributed by atoms with van der Waals surface area (Å²) in [7, 11) is 0. The van der Waals surface area contributed by atoms with Gasteiger partial charge in [0.25, 0.3) is 0 Å². The minimum absolute atomic E-state index is 0.391. The average molecular weight is 220 g/mol. The summed E-state index contributed by atoms with van der Waals surface area (Å²) in [6.45, 7) is 12.1. The van der Waals surface area contributed by atoms with Crippen molar-refractivity contribution >= 4 is 0 Å².